The van der Waals surface area contributed by atoms with Gasteiger partial charge in [0.25, 0.3) is 0 Å². The van der Waals surface area contributed by atoms with Gasteiger partial charge in [-0.25, -0.2) is 0 Å². The fraction of sp³-hybridized carbons (Fsp3) is 0.167. The summed E-state index contributed by atoms with van der Waals surface area (Å²) in [5.41, 5.74) is 0. The van der Waals surface area contributed by atoms with E-state index in [1.165, 1.54) is 6.42 Å². The van der Waals surface area contributed by atoms with Crippen LogP contribution in [0.15, 0.2) is 57.5 Å². The summed E-state index contributed by atoms with van der Waals surface area (Å²) in [4.78, 5) is 0. The third-order valence-corrected chi connectivity index (χ3v) is 3.72. The Morgan fingerprint density at radius 1 is 0.769 bits per heavy atom. The van der Waals surface area contributed by atoms with E-state index in [9.17, 15) is 0 Å². The average Bonchev–Trinajstić information content (AvgIpc) is 2.49. The molecule has 2 aliphatic rings. The van der Waals surface area contributed by atoms with E-state index in [2.05, 4.69) is 48.6 Å². The molecule has 0 saturated heterocycles. The van der Waals surface area contributed by atoms with Gasteiger partial charge in [0.05, 0.1) is 0 Å². The fourth-order valence-corrected chi connectivity index (χ4v) is 2.85. The molecule has 0 spiro atoms. The number of hydrogen-bond acceptors (Lipinski definition) is 0. The van der Waals surface area contributed by atoms with Crippen molar-refractivity contribution in [2.24, 2.45) is 0 Å². The quantitative estimate of drug-likeness (QED) is 0.653. The van der Waals surface area contributed by atoms with Crippen molar-refractivity contribution in [1.29, 1.82) is 0 Å². The van der Waals surface area contributed by atoms with Crippen LogP contribution in [0.3, 0.4) is 0 Å². The zero-order valence-electron chi connectivity index (χ0n) is 7.44. The van der Waals surface area contributed by atoms with Crippen molar-refractivity contribution in [3.63, 3.8) is 0 Å². The first-order valence-electron chi connectivity index (χ1n) is 4.51. The predicted molar refractivity (Wildman–Crippen MR) is 52.8 cm³/mol. The summed E-state index contributed by atoms with van der Waals surface area (Å²) in [7, 11) is 0. The predicted octanol–water partition coefficient (Wildman–Crippen LogP) is 3.31. The van der Waals surface area contributed by atoms with Gasteiger partial charge in [0.2, 0.25) is 0 Å². The summed E-state index contributed by atoms with van der Waals surface area (Å²) < 4.78 is 3.18. The first kappa shape index (κ1) is 8.81. The van der Waals surface area contributed by atoms with Crippen molar-refractivity contribution in [2.45, 2.75) is 12.8 Å². The van der Waals surface area contributed by atoms with Crippen LogP contribution in [0.25, 0.3) is 0 Å². The molecule has 0 radical (unpaired) electrons. The fourth-order valence-electron chi connectivity index (χ4n) is 1.31. The molecule has 0 N–H and O–H groups in total. The molecule has 0 heterocycles. The van der Waals surface area contributed by atoms with E-state index in [0.717, 1.165) is 6.42 Å². The molecule has 13 heavy (non-hydrogen) atoms. The van der Waals surface area contributed by atoms with E-state index < -0.39 is 0 Å². The van der Waals surface area contributed by atoms with Crippen molar-refractivity contribution in [1.82, 2.24) is 0 Å². The van der Waals surface area contributed by atoms with Gasteiger partial charge in [-0.3, -0.25) is 0 Å². The first-order valence-corrected chi connectivity index (χ1v) is 5.78. The van der Waals surface area contributed by atoms with Gasteiger partial charge in [-0.1, -0.05) is 0 Å². The van der Waals surface area contributed by atoms with E-state index in [4.69, 9.17) is 0 Å². The molecule has 0 aliphatic heterocycles. The molecular weight excluding hydrogens is 196 g/mol. The van der Waals surface area contributed by atoms with Crippen LogP contribution in [0.5, 0.6) is 0 Å². The third-order valence-electron chi connectivity index (χ3n) is 1.96. The molecule has 0 aromatic heterocycles. The van der Waals surface area contributed by atoms with Crippen LogP contribution >= 0.6 is 0 Å². The van der Waals surface area contributed by atoms with Gasteiger partial charge in [-0.15, -0.1) is 0 Å². The molecular formula is C12H12Cr. The summed E-state index contributed by atoms with van der Waals surface area (Å²) in [5.74, 6) is 0. The Balaban J connectivity index is 1.98. The van der Waals surface area contributed by atoms with E-state index in [-0.39, 0.29) is 0 Å². The van der Waals surface area contributed by atoms with Crippen LogP contribution in [-0.2, 0) is 15.2 Å². The molecule has 0 bridgehead atoms. The van der Waals surface area contributed by atoms with E-state index >= 15 is 0 Å². The van der Waals surface area contributed by atoms with Crippen LogP contribution in [0, 0.1) is 0 Å². The molecule has 0 atom stereocenters. The van der Waals surface area contributed by atoms with E-state index in [1.807, 2.05) is 0 Å². The van der Waals surface area contributed by atoms with Gasteiger partial charge in [0.15, 0.2) is 0 Å². The van der Waals surface area contributed by atoms with Gasteiger partial charge in [-0.2, -0.15) is 0 Å². The van der Waals surface area contributed by atoms with Gasteiger partial charge >= 0.3 is 85.5 Å². The van der Waals surface area contributed by atoms with E-state index in [1.54, 1.807) is 8.87 Å². The van der Waals surface area contributed by atoms with Crippen LogP contribution in [0.4, 0.5) is 0 Å². The Morgan fingerprint density at radius 3 is 2.15 bits per heavy atom. The molecule has 0 aromatic rings. The topological polar surface area (TPSA) is 0 Å². The Labute approximate surface area is 85.7 Å². The Bertz CT molecular complexity index is 327. The molecule has 0 aromatic carbocycles. The van der Waals surface area contributed by atoms with E-state index in [0.29, 0.717) is 15.2 Å². The molecule has 0 nitrogen and oxygen atoms in total. The molecule has 2 rings (SSSR count). The number of rotatable bonds is 2. The van der Waals surface area contributed by atoms with Crippen molar-refractivity contribution in [3.8, 4) is 0 Å². The maximum absolute atomic E-state index is 2.26. The Morgan fingerprint density at radius 2 is 1.46 bits per heavy atom. The van der Waals surface area contributed by atoms with Gasteiger partial charge in [-0.05, 0) is 0 Å². The maximum atomic E-state index is 2.26. The zero-order valence-corrected chi connectivity index (χ0v) is 8.72. The first-order chi connectivity index (χ1) is 6.45. The monoisotopic (exact) mass is 208 g/mol. The van der Waals surface area contributed by atoms with Crippen LogP contribution < -0.4 is 0 Å². The summed E-state index contributed by atoms with van der Waals surface area (Å²) >= 11 is 0.572. The van der Waals surface area contributed by atoms with Gasteiger partial charge in [0, 0.05) is 0 Å². The minimum absolute atomic E-state index is 0.572. The molecule has 0 fully saturated rings. The van der Waals surface area contributed by atoms with Crippen molar-refractivity contribution in [3.05, 3.63) is 57.5 Å². The Hall–Kier alpha value is -0.768. The van der Waals surface area contributed by atoms with Gasteiger partial charge < -0.3 is 0 Å². The molecule has 0 saturated carbocycles. The van der Waals surface area contributed by atoms with Crippen LogP contribution in [0.2, 0.25) is 0 Å². The van der Waals surface area contributed by atoms with Gasteiger partial charge in [0.1, 0.15) is 0 Å². The molecule has 1 heteroatoms. The van der Waals surface area contributed by atoms with Crippen LogP contribution in [-0.4, -0.2) is 0 Å². The second-order valence-corrected chi connectivity index (χ2v) is 4.97. The van der Waals surface area contributed by atoms with Crippen molar-refractivity contribution >= 4 is 0 Å². The normalized spacial score (nSPS) is 20.0. The summed E-state index contributed by atoms with van der Waals surface area (Å²) in [5, 5.41) is 0. The SMILES string of the molecule is C1=CC=[C]([Cr][C]2=CC=CC2)CC=C1. The zero-order chi connectivity index (χ0) is 8.93. The molecule has 0 unspecified atom stereocenters. The molecule has 0 amide bonds. The van der Waals surface area contributed by atoms with Crippen molar-refractivity contribution in [2.75, 3.05) is 0 Å². The standard InChI is InChI=1S/C7H7.C5H5.Cr/c1-2-4-6-7-5-3-1;1-2-4-5-3-1;/h1-5H,6H2;1-3H,4H2;. The third kappa shape index (κ3) is 2.59. The second-order valence-electron chi connectivity index (χ2n) is 3.02. The molecule has 66 valence electrons. The van der Waals surface area contributed by atoms with Crippen LogP contribution in [0.1, 0.15) is 12.8 Å². The summed E-state index contributed by atoms with van der Waals surface area (Å²) in [6.45, 7) is 0. The number of hydrogen-bond donors (Lipinski definition) is 0. The second kappa shape index (κ2) is 4.46. The Kier molecular flexibility index (Phi) is 3.03. The van der Waals surface area contributed by atoms with Crippen molar-refractivity contribution < 1.29 is 15.2 Å². The minimum atomic E-state index is 0.572. The average molecular weight is 208 g/mol. The number of allylic oxidation sites excluding steroid dienone is 10. The molecule has 2 aliphatic carbocycles. The summed E-state index contributed by atoms with van der Waals surface area (Å²) in [6.07, 6.45) is 19.8. The summed E-state index contributed by atoms with van der Waals surface area (Å²) in [6, 6.07) is 0.